The van der Waals surface area contributed by atoms with Gasteiger partial charge in [-0.15, -0.1) is 0 Å². The Morgan fingerprint density at radius 3 is 2.48 bits per heavy atom. The zero-order chi connectivity index (χ0) is 15.2. The first-order valence-electron chi connectivity index (χ1n) is 7.18. The van der Waals surface area contributed by atoms with E-state index in [1.807, 2.05) is 38.1 Å². The smallest absolute Gasteiger partial charge is 0.274 e. The summed E-state index contributed by atoms with van der Waals surface area (Å²) in [6, 6.07) is 9.46. The van der Waals surface area contributed by atoms with Gasteiger partial charge in [-0.05, 0) is 55.7 Å². The van der Waals surface area contributed by atoms with E-state index in [1.165, 1.54) is 5.56 Å². The molecule has 4 heteroatoms. The first-order chi connectivity index (χ1) is 10.1. The Bertz CT molecular complexity index is 620. The Kier molecular flexibility index (Phi) is 4.93. The quantitative estimate of drug-likeness (QED) is 0.878. The number of benzene rings is 1. The number of aryl methyl sites for hydroxylation is 2. The van der Waals surface area contributed by atoms with Gasteiger partial charge in [-0.1, -0.05) is 13.0 Å². The van der Waals surface area contributed by atoms with Gasteiger partial charge < -0.3 is 10.6 Å². The van der Waals surface area contributed by atoms with Crippen LogP contribution in [0.1, 0.15) is 35.0 Å². The number of pyridine rings is 1. The molecule has 4 nitrogen and oxygen atoms in total. The molecule has 0 saturated heterocycles. The molecule has 2 aromatic rings. The summed E-state index contributed by atoms with van der Waals surface area (Å²) in [5, 5.41) is 6.10. The fraction of sp³-hybridized carbons (Fsp3) is 0.294. The second-order valence-corrected chi connectivity index (χ2v) is 5.11. The van der Waals surface area contributed by atoms with Crippen LogP contribution in [0.25, 0.3) is 0 Å². The van der Waals surface area contributed by atoms with E-state index >= 15 is 0 Å². The van der Waals surface area contributed by atoms with E-state index in [0.29, 0.717) is 5.69 Å². The van der Waals surface area contributed by atoms with Gasteiger partial charge in [0.15, 0.2) is 0 Å². The summed E-state index contributed by atoms with van der Waals surface area (Å²) in [6.45, 7) is 7.07. The van der Waals surface area contributed by atoms with Gasteiger partial charge in [0.1, 0.15) is 5.69 Å². The lowest BCUT2D eigenvalue weighted by Crippen LogP contribution is -2.14. The van der Waals surface area contributed by atoms with Crippen LogP contribution >= 0.6 is 0 Å². The first-order valence-corrected chi connectivity index (χ1v) is 7.18. The van der Waals surface area contributed by atoms with Gasteiger partial charge in [0.25, 0.3) is 5.91 Å². The van der Waals surface area contributed by atoms with Crippen LogP contribution in [0.4, 0.5) is 11.4 Å². The van der Waals surface area contributed by atoms with Gasteiger partial charge >= 0.3 is 0 Å². The molecule has 1 amide bonds. The third-order valence-corrected chi connectivity index (χ3v) is 3.34. The summed E-state index contributed by atoms with van der Waals surface area (Å²) < 4.78 is 0. The van der Waals surface area contributed by atoms with Crippen molar-refractivity contribution in [2.75, 3.05) is 17.2 Å². The lowest BCUT2D eigenvalue weighted by Gasteiger charge is -2.08. The highest BCUT2D eigenvalue weighted by Crippen LogP contribution is 2.15. The molecular formula is C17H21N3O. The molecule has 0 radical (unpaired) electrons. The summed E-state index contributed by atoms with van der Waals surface area (Å²) in [4.78, 5) is 16.3. The molecule has 0 aliphatic carbocycles. The van der Waals surface area contributed by atoms with Crippen molar-refractivity contribution in [2.24, 2.45) is 0 Å². The largest absolute Gasteiger partial charge is 0.384 e. The van der Waals surface area contributed by atoms with Crippen LogP contribution in [0.15, 0.2) is 36.5 Å². The standard InChI is InChI=1S/C17H21N3O/c1-4-9-18-15-7-8-16(19-11-15)17(21)20-14-6-5-12(2)13(3)10-14/h5-8,10-11,18H,4,9H2,1-3H3,(H,20,21). The van der Waals surface area contributed by atoms with Crippen molar-refractivity contribution in [3.8, 4) is 0 Å². The Hall–Kier alpha value is -2.36. The molecule has 2 rings (SSSR count). The highest BCUT2D eigenvalue weighted by atomic mass is 16.1. The maximum Gasteiger partial charge on any atom is 0.274 e. The van der Waals surface area contributed by atoms with Crippen LogP contribution in [-0.4, -0.2) is 17.4 Å². The Balaban J connectivity index is 2.04. The van der Waals surface area contributed by atoms with Crippen molar-refractivity contribution in [1.29, 1.82) is 0 Å². The van der Waals surface area contributed by atoms with E-state index in [9.17, 15) is 4.79 Å². The molecule has 21 heavy (non-hydrogen) atoms. The van der Waals surface area contributed by atoms with Gasteiger partial charge in [0.05, 0.1) is 11.9 Å². The SMILES string of the molecule is CCCNc1ccc(C(=O)Nc2ccc(C)c(C)c2)nc1. The van der Waals surface area contributed by atoms with Crippen LogP contribution in [0, 0.1) is 13.8 Å². The minimum atomic E-state index is -0.194. The van der Waals surface area contributed by atoms with Gasteiger partial charge in [-0.25, -0.2) is 4.98 Å². The van der Waals surface area contributed by atoms with Crippen molar-refractivity contribution < 1.29 is 4.79 Å². The Labute approximate surface area is 125 Å². The number of carbonyl (C=O) groups excluding carboxylic acids is 1. The van der Waals surface area contributed by atoms with E-state index < -0.39 is 0 Å². The molecule has 0 aliphatic rings. The number of nitrogens with one attached hydrogen (secondary N) is 2. The number of hydrogen-bond acceptors (Lipinski definition) is 3. The van der Waals surface area contributed by atoms with Crippen LogP contribution in [0.5, 0.6) is 0 Å². The fourth-order valence-corrected chi connectivity index (χ4v) is 1.92. The van der Waals surface area contributed by atoms with E-state index in [-0.39, 0.29) is 5.91 Å². The predicted molar refractivity (Wildman–Crippen MR) is 86.9 cm³/mol. The molecule has 2 N–H and O–H groups in total. The first kappa shape index (κ1) is 15.0. The highest BCUT2D eigenvalue weighted by molar-refractivity contribution is 6.03. The summed E-state index contributed by atoms with van der Waals surface area (Å²) in [6.07, 6.45) is 2.74. The Morgan fingerprint density at radius 1 is 1.10 bits per heavy atom. The monoisotopic (exact) mass is 283 g/mol. The molecule has 0 bridgehead atoms. The zero-order valence-corrected chi connectivity index (χ0v) is 12.7. The van der Waals surface area contributed by atoms with Crippen LogP contribution < -0.4 is 10.6 Å². The number of hydrogen-bond donors (Lipinski definition) is 2. The van der Waals surface area contributed by atoms with Crippen molar-refractivity contribution in [3.05, 3.63) is 53.3 Å². The van der Waals surface area contributed by atoms with Gasteiger partial charge in [0, 0.05) is 12.2 Å². The molecule has 0 unspecified atom stereocenters. The van der Waals surface area contributed by atoms with Crippen molar-refractivity contribution in [1.82, 2.24) is 4.98 Å². The van der Waals surface area contributed by atoms with Crippen molar-refractivity contribution in [2.45, 2.75) is 27.2 Å². The molecule has 0 fully saturated rings. The van der Waals surface area contributed by atoms with Crippen LogP contribution in [0.2, 0.25) is 0 Å². The number of amides is 1. The van der Waals surface area contributed by atoms with Crippen LogP contribution in [-0.2, 0) is 0 Å². The number of aromatic nitrogens is 1. The molecule has 0 saturated carbocycles. The second-order valence-electron chi connectivity index (χ2n) is 5.11. The summed E-state index contributed by atoms with van der Waals surface area (Å²) in [7, 11) is 0. The summed E-state index contributed by atoms with van der Waals surface area (Å²) in [5.74, 6) is -0.194. The summed E-state index contributed by atoms with van der Waals surface area (Å²) >= 11 is 0. The fourth-order valence-electron chi connectivity index (χ4n) is 1.92. The van der Waals surface area contributed by atoms with E-state index in [1.54, 1.807) is 12.3 Å². The third-order valence-electron chi connectivity index (χ3n) is 3.34. The van der Waals surface area contributed by atoms with Gasteiger partial charge in [-0.3, -0.25) is 4.79 Å². The molecular weight excluding hydrogens is 262 g/mol. The average molecular weight is 283 g/mol. The van der Waals surface area contributed by atoms with E-state index in [4.69, 9.17) is 0 Å². The lowest BCUT2D eigenvalue weighted by molar-refractivity contribution is 0.102. The number of carbonyl (C=O) groups is 1. The van der Waals surface area contributed by atoms with Gasteiger partial charge in [0.2, 0.25) is 0 Å². The second kappa shape index (κ2) is 6.88. The third kappa shape index (κ3) is 4.05. The molecule has 110 valence electrons. The Morgan fingerprint density at radius 2 is 1.86 bits per heavy atom. The zero-order valence-electron chi connectivity index (χ0n) is 12.7. The normalized spacial score (nSPS) is 10.2. The van der Waals surface area contributed by atoms with Gasteiger partial charge in [-0.2, -0.15) is 0 Å². The number of anilines is 2. The number of nitrogens with zero attached hydrogens (tertiary/aromatic N) is 1. The average Bonchev–Trinajstić information content (AvgIpc) is 2.49. The minimum absolute atomic E-state index is 0.194. The topological polar surface area (TPSA) is 54.0 Å². The van der Waals surface area contributed by atoms with E-state index in [0.717, 1.165) is 29.9 Å². The maximum atomic E-state index is 12.1. The summed E-state index contributed by atoms with van der Waals surface area (Å²) in [5.41, 5.74) is 4.49. The van der Waals surface area contributed by atoms with Crippen molar-refractivity contribution >= 4 is 17.3 Å². The molecule has 0 spiro atoms. The molecule has 0 aliphatic heterocycles. The molecule has 0 atom stereocenters. The predicted octanol–water partition coefficient (Wildman–Crippen LogP) is 3.77. The molecule has 1 aromatic carbocycles. The minimum Gasteiger partial charge on any atom is -0.384 e. The van der Waals surface area contributed by atoms with Crippen molar-refractivity contribution in [3.63, 3.8) is 0 Å². The number of rotatable bonds is 5. The lowest BCUT2D eigenvalue weighted by atomic mass is 10.1. The maximum absolute atomic E-state index is 12.1. The highest BCUT2D eigenvalue weighted by Gasteiger charge is 2.08. The van der Waals surface area contributed by atoms with E-state index in [2.05, 4.69) is 22.5 Å². The molecule has 1 heterocycles. The van der Waals surface area contributed by atoms with Crippen LogP contribution in [0.3, 0.4) is 0 Å². The molecule has 1 aromatic heterocycles.